The fraction of sp³-hybridized carbons (Fsp3) is 0.867. The van der Waals surface area contributed by atoms with Gasteiger partial charge in [-0.3, -0.25) is 0 Å². The van der Waals surface area contributed by atoms with E-state index in [1.54, 1.807) is 0 Å². The zero-order chi connectivity index (χ0) is 13.8. The molecule has 4 nitrogen and oxygen atoms in total. The van der Waals surface area contributed by atoms with Crippen LogP contribution in [0.5, 0.6) is 0 Å². The fourth-order valence-electron chi connectivity index (χ4n) is 2.81. The van der Waals surface area contributed by atoms with Crippen molar-refractivity contribution < 1.29 is 0 Å². The topological polar surface area (TPSA) is 56.7 Å². The van der Waals surface area contributed by atoms with E-state index >= 15 is 0 Å². The van der Waals surface area contributed by atoms with Crippen LogP contribution in [0.2, 0.25) is 0 Å². The molecule has 4 heteroatoms. The molecule has 1 aliphatic carbocycles. The Labute approximate surface area is 116 Å². The molecular formula is C15H28N4. The van der Waals surface area contributed by atoms with Crippen LogP contribution in [0.15, 0.2) is 0 Å². The molecule has 1 aromatic heterocycles. The van der Waals surface area contributed by atoms with E-state index in [-0.39, 0.29) is 0 Å². The van der Waals surface area contributed by atoms with Gasteiger partial charge < -0.3 is 5.73 Å². The van der Waals surface area contributed by atoms with Crippen LogP contribution >= 0.6 is 0 Å². The average molecular weight is 264 g/mol. The zero-order valence-corrected chi connectivity index (χ0v) is 12.6. The molecule has 0 spiro atoms. The van der Waals surface area contributed by atoms with Crippen LogP contribution in [-0.4, -0.2) is 21.5 Å². The fourth-order valence-corrected chi connectivity index (χ4v) is 2.81. The van der Waals surface area contributed by atoms with Crippen LogP contribution in [0, 0.1) is 11.8 Å². The second-order valence-corrected chi connectivity index (χ2v) is 6.33. The molecule has 0 radical (unpaired) electrons. The summed E-state index contributed by atoms with van der Waals surface area (Å²) in [6.07, 6.45) is 7.19. The minimum atomic E-state index is 0.495. The summed E-state index contributed by atoms with van der Waals surface area (Å²) < 4.78 is 2.19. The monoisotopic (exact) mass is 264 g/mol. The van der Waals surface area contributed by atoms with Crippen LogP contribution in [0.4, 0.5) is 0 Å². The third kappa shape index (κ3) is 3.35. The zero-order valence-electron chi connectivity index (χ0n) is 12.6. The van der Waals surface area contributed by atoms with Gasteiger partial charge in [0.05, 0.1) is 17.4 Å². The predicted octanol–water partition coefficient (Wildman–Crippen LogP) is 2.73. The smallest absolute Gasteiger partial charge is 0.0871 e. The van der Waals surface area contributed by atoms with Gasteiger partial charge in [0.1, 0.15) is 0 Å². The lowest BCUT2D eigenvalue weighted by Gasteiger charge is -2.32. The Hall–Kier alpha value is -0.900. The molecule has 0 saturated heterocycles. The molecule has 1 atom stereocenters. The summed E-state index contributed by atoms with van der Waals surface area (Å²) in [7, 11) is 0. The second kappa shape index (κ2) is 6.51. The van der Waals surface area contributed by atoms with Crippen LogP contribution < -0.4 is 5.73 Å². The molecule has 108 valence electrons. The molecule has 1 aromatic rings. The highest BCUT2D eigenvalue weighted by atomic mass is 15.4. The van der Waals surface area contributed by atoms with Crippen molar-refractivity contribution in [3.8, 4) is 0 Å². The molecule has 1 fully saturated rings. The number of hydrogen-bond acceptors (Lipinski definition) is 3. The van der Waals surface area contributed by atoms with Gasteiger partial charge in [-0.15, -0.1) is 5.10 Å². The minimum Gasteiger partial charge on any atom is -0.330 e. The van der Waals surface area contributed by atoms with E-state index in [4.69, 9.17) is 5.73 Å². The van der Waals surface area contributed by atoms with E-state index in [0.29, 0.717) is 18.5 Å². The molecule has 0 amide bonds. The molecule has 0 bridgehead atoms. The van der Waals surface area contributed by atoms with Crippen LogP contribution in [0.3, 0.4) is 0 Å². The van der Waals surface area contributed by atoms with Gasteiger partial charge in [-0.25, -0.2) is 4.68 Å². The van der Waals surface area contributed by atoms with Gasteiger partial charge in [0.15, 0.2) is 0 Å². The van der Waals surface area contributed by atoms with E-state index in [0.717, 1.165) is 24.5 Å². The van der Waals surface area contributed by atoms with E-state index < -0.39 is 0 Å². The van der Waals surface area contributed by atoms with E-state index in [2.05, 4.69) is 35.8 Å². The Morgan fingerprint density at radius 3 is 2.53 bits per heavy atom. The summed E-state index contributed by atoms with van der Waals surface area (Å²) in [5, 5.41) is 8.81. The second-order valence-electron chi connectivity index (χ2n) is 6.33. The van der Waals surface area contributed by atoms with Gasteiger partial charge in [0.25, 0.3) is 0 Å². The van der Waals surface area contributed by atoms with E-state index in [1.807, 2.05) is 0 Å². The Kier molecular flexibility index (Phi) is 4.97. The predicted molar refractivity (Wildman–Crippen MR) is 78.0 cm³/mol. The first-order valence-corrected chi connectivity index (χ1v) is 7.76. The molecule has 2 N–H and O–H groups in total. The molecule has 1 unspecified atom stereocenters. The van der Waals surface area contributed by atoms with Crippen molar-refractivity contribution in [3.63, 3.8) is 0 Å². The third-order valence-corrected chi connectivity index (χ3v) is 4.43. The number of rotatable bonds is 7. The molecule has 0 aromatic carbocycles. The molecule has 1 heterocycles. The van der Waals surface area contributed by atoms with Gasteiger partial charge >= 0.3 is 0 Å². The largest absolute Gasteiger partial charge is 0.330 e. The first kappa shape index (κ1) is 14.5. The maximum absolute atomic E-state index is 5.69. The third-order valence-electron chi connectivity index (χ3n) is 4.43. The molecular weight excluding hydrogens is 236 g/mol. The van der Waals surface area contributed by atoms with E-state index in [1.165, 1.54) is 31.4 Å². The Morgan fingerprint density at radius 1 is 1.26 bits per heavy atom. The van der Waals surface area contributed by atoms with Crippen molar-refractivity contribution >= 4 is 0 Å². The Bertz CT molecular complexity index is 393. The molecule has 1 saturated carbocycles. The lowest BCUT2D eigenvalue weighted by Crippen LogP contribution is -2.25. The van der Waals surface area contributed by atoms with Crippen molar-refractivity contribution in [1.82, 2.24) is 15.0 Å². The summed E-state index contributed by atoms with van der Waals surface area (Å²) in [5.41, 5.74) is 8.14. The number of nitrogens with two attached hydrogens (primary N) is 1. The molecule has 2 rings (SSSR count). The highest BCUT2D eigenvalue weighted by molar-refractivity contribution is 5.12. The number of hydrogen-bond donors (Lipinski definition) is 1. The van der Waals surface area contributed by atoms with Gasteiger partial charge in [-0.1, -0.05) is 25.5 Å². The van der Waals surface area contributed by atoms with Gasteiger partial charge in [-0.05, 0) is 51.0 Å². The maximum Gasteiger partial charge on any atom is 0.0871 e. The first-order valence-electron chi connectivity index (χ1n) is 7.76. The summed E-state index contributed by atoms with van der Waals surface area (Å²) in [4.78, 5) is 0. The standard InChI is InChI=1S/C15H28N4/c1-11(2)7-8-15-14(9-10-16)17-18-19(15)12(3)13-5-4-6-13/h11-13H,4-10,16H2,1-3H3. The quantitative estimate of drug-likeness (QED) is 0.824. The maximum atomic E-state index is 5.69. The normalized spacial score (nSPS) is 17.7. The Balaban J connectivity index is 2.15. The summed E-state index contributed by atoms with van der Waals surface area (Å²) >= 11 is 0. The van der Waals surface area contributed by atoms with Gasteiger partial charge in [0.2, 0.25) is 0 Å². The summed E-state index contributed by atoms with van der Waals surface area (Å²) in [6, 6.07) is 0.495. The highest BCUT2D eigenvalue weighted by Crippen LogP contribution is 2.36. The minimum absolute atomic E-state index is 0.495. The van der Waals surface area contributed by atoms with Crippen molar-refractivity contribution in [1.29, 1.82) is 0 Å². The van der Waals surface area contributed by atoms with Crippen molar-refractivity contribution in [3.05, 3.63) is 11.4 Å². The molecule has 0 aliphatic heterocycles. The average Bonchev–Trinajstić information content (AvgIpc) is 2.67. The van der Waals surface area contributed by atoms with Crippen LogP contribution in [0.1, 0.15) is 63.9 Å². The number of nitrogens with zero attached hydrogens (tertiary/aromatic N) is 3. The Morgan fingerprint density at radius 2 is 2.00 bits per heavy atom. The van der Waals surface area contributed by atoms with Crippen molar-refractivity contribution in [2.75, 3.05) is 6.54 Å². The first-order chi connectivity index (χ1) is 9.13. The SMILES string of the molecule is CC(C)CCc1c(CCN)nnn1C(C)C1CCC1. The van der Waals surface area contributed by atoms with Crippen LogP contribution in [0.25, 0.3) is 0 Å². The highest BCUT2D eigenvalue weighted by Gasteiger charge is 2.28. The molecule has 19 heavy (non-hydrogen) atoms. The van der Waals surface area contributed by atoms with Crippen LogP contribution in [-0.2, 0) is 12.8 Å². The van der Waals surface area contributed by atoms with Crippen molar-refractivity contribution in [2.24, 2.45) is 17.6 Å². The summed E-state index contributed by atoms with van der Waals surface area (Å²) in [6.45, 7) is 7.49. The summed E-state index contributed by atoms with van der Waals surface area (Å²) in [5.74, 6) is 1.51. The lowest BCUT2D eigenvalue weighted by atomic mass is 9.80. The lowest BCUT2D eigenvalue weighted by molar-refractivity contribution is 0.204. The number of aromatic nitrogens is 3. The van der Waals surface area contributed by atoms with Gasteiger partial charge in [-0.2, -0.15) is 0 Å². The van der Waals surface area contributed by atoms with E-state index in [9.17, 15) is 0 Å². The molecule has 1 aliphatic rings. The van der Waals surface area contributed by atoms with Gasteiger partial charge in [0, 0.05) is 6.42 Å². The van der Waals surface area contributed by atoms with Crippen molar-refractivity contribution in [2.45, 2.75) is 65.3 Å².